The number of rotatable bonds is 4. The van der Waals surface area contributed by atoms with Gasteiger partial charge >= 0.3 is 0 Å². The summed E-state index contributed by atoms with van der Waals surface area (Å²) in [6.45, 7) is 8.91. The van der Waals surface area contributed by atoms with Crippen molar-refractivity contribution in [3.8, 4) is 0 Å². The number of thiophene rings is 1. The van der Waals surface area contributed by atoms with E-state index in [0.717, 1.165) is 16.9 Å². The van der Waals surface area contributed by atoms with Gasteiger partial charge in [0, 0.05) is 5.41 Å². The van der Waals surface area contributed by atoms with Crippen LogP contribution in [-0.4, -0.2) is 11.7 Å². The summed E-state index contributed by atoms with van der Waals surface area (Å²) in [4.78, 5) is 24.9. The summed E-state index contributed by atoms with van der Waals surface area (Å²) in [5.41, 5.74) is 6.68. The van der Waals surface area contributed by atoms with Crippen molar-refractivity contribution in [3.63, 3.8) is 0 Å². The molecule has 6 heteroatoms. The Balaban J connectivity index is 2.53. The van der Waals surface area contributed by atoms with Crippen LogP contribution in [0.15, 0.2) is 18.2 Å². The van der Waals surface area contributed by atoms with Crippen molar-refractivity contribution in [2.24, 2.45) is 11.1 Å². The minimum atomic E-state index is -0.647. The molecular weight excluding hydrogens is 327 g/mol. The normalized spacial score (nSPS) is 11.4. The number of carbonyl (C=O) groups is 2. The molecule has 0 aliphatic heterocycles. The maximum absolute atomic E-state index is 14.1. The Morgan fingerprint density at radius 2 is 1.83 bits per heavy atom. The number of primary amides is 1. The van der Waals surface area contributed by atoms with Gasteiger partial charge in [0.1, 0.15) is 10.8 Å². The Morgan fingerprint density at radius 1 is 1.21 bits per heavy atom. The van der Waals surface area contributed by atoms with E-state index in [4.69, 9.17) is 5.73 Å². The zero-order chi connectivity index (χ0) is 18.2. The number of amides is 1. The molecule has 0 unspecified atom stereocenters. The lowest BCUT2D eigenvalue weighted by atomic mass is 9.88. The monoisotopic (exact) mass is 348 g/mol. The Hall–Kier alpha value is -2.21. The largest absolute Gasteiger partial charge is 0.365 e. The topological polar surface area (TPSA) is 72.2 Å². The van der Waals surface area contributed by atoms with E-state index in [1.165, 1.54) is 6.07 Å². The zero-order valence-electron chi connectivity index (χ0n) is 14.4. The molecule has 1 amide bonds. The zero-order valence-corrected chi connectivity index (χ0v) is 15.2. The van der Waals surface area contributed by atoms with Gasteiger partial charge in [-0.25, -0.2) is 4.39 Å². The summed E-state index contributed by atoms with van der Waals surface area (Å²) in [7, 11) is 0. The lowest BCUT2D eigenvalue weighted by Crippen LogP contribution is -2.20. The smallest absolute Gasteiger partial charge is 0.251 e. The fraction of sp³-hybridized carbons (Fsp3) is 0.333. The molecule has 0 aliphatic carbocycles. The van der Waals surface area contributed by atoms with Gasteiger partial charge in [-0.05, 0) is 37.1 Å². The number of nitrogens with two attached hydrogens (primary N) is 1. The Labute approximate surface area is 144 Å². The molecule has 0 spiro atoms. The quantitative estimate of drug-likeness (QED) is 0.795. The van der Waals surface area contributed by atoms with E-state index in [2.05, 4.69) is 5.32 Å². The molecule has 1 aromatic carbocycles. The van der Waals surface area contributed by atoms with Crippen LogP contribution in [-0.2, 0) is 0 Å². The van der Waals surface area contributed by atoms with Crippen LogP contribution in [0.3, 0.4) is 0 Å². The summed E-state index contributed by atoms with van der Waals surface area (Å²) in [5.74, 6) is -1.16. The highest BCUT2D eigenvalue weighted by molar-refractivity contribution is 7.18. The van der Waals surface area contributed by atoms with Crippen LogP contribution >= 0.6 is 11.3 Å². The molecular formula is C18H21FN2O2S. The first kappa shape index (κ1) is 18.1. The number of ketones is 1. The number of benzene rings is 1. The Morgan fingerprint density at radius 3 is 2.33 bits per heavy atom. The van der Waals surface area contributed by atoms with Crippen LogP contribution in [0, 0.1) is 25.1 Å². The number of nitrogens with one attached hydrogen (secondary N) is 1. The van der Waals surface area contributed by atoms with E-state index >= 15 is 0 Å². The summed E-state index contributed by atoms with van der Waals surface area (Å²) >= 11 is 1.13. The van der Waals surface area contributed by atoms with E-state index < -0.39 is 17.1 Å². The lowest BCUT2D eigenvalue weighted by Gasteiger charge is -2.15. The van der Waals surface area contributed by atoms with Crippen molar-refractivity contribution in [2.45, 2.75) is 34.6 Å². The lowest BCUT2D eigenvalue weighted by molar-refractivity contribution is 0.0862. The average Bonchev–Trinajstić information content (AvgIpc) is 2.76. The molecule has 24 heavy (non-hydrogen) atoms. The van der Waals surface area contributed by atoms with Gasteiger partial charge < -0.3 is 11.1 Å². The third-order valence-electron chi connectivity index (χ3n) is 3.65. The van der Waals surface area contributed by atoms with Crippen molar-refractivity contribution in [1.82, 2.24) is 0 Å². The van der Waals surface area contributed by atoms with E-state index in [-0.39, 0.29) is 17.0 Å². The first-order chi connectivity index (χ1) is 11.0. The van der Waals surface area contributed by atoms with Crippen molar-refractivity contribution in [3.05, 3.63) is 45.6 Å². The van der Waals surface area contributed by atoms with Crippen LogP contribution in [0.5, 0.6) is 0 Å². The van der Waals surface area contributed by atoms with Crippen LogP contribution in [0.1, 0.15) is 51.9 Å². The van der Waals surface area contributed by atoms with Gasteiger partial charge in [-0.2, -0.15) is 0 Å². The molecule has 1 aromatic heterocycles. The number of anilines is 2. The number of aryl methyl sites for hydroxylation is 1. The average molecular weight is 348 g/mol. The number of hydrogen-bond acceptors (Lipinski definition) is 4. The molecule has 0 saturated carbocycles. The molecule has 1 heterocycles. The van der Waals surface area contributed by atoms with Gasteiger partial charge in [0.2, 0.25) is 0 Å². The molecule has 3 N–H and O–H groups in total. The second-order valence-corrected chi connectivity index (χ2v) is 7.83. The van der Waals surface area contributed by atoms with Crippen LogP contribution in [0.2, 0.25) is 0 Å². The van der Waals surface area contributed by atoms with Crippen molar-refractivity contribution >= 4 is 33.7 Å². The van der Waals surface area contributed by atoms with E-state index in [9.17, 15) is 14.0 Å². The van der Waals surface area contributed by atoms with Crippen molar-refractivity contribution in [2.75, 3.05) is 5.32 Å². The van der Waals surface area contributed by atoms with Crippen LogP contribution < -0.4 is 11.1 Å². The predicted molar refractivity (Wildman–Crippen MR) is 95.8 cm³/mol. The second-order valence-electron chi connectivity index (χ2n) is 6.81. The molecule has 2 rings (SSSR count). The minimum absolute atomic E-state index is 0.0788. The molecule has 0 atom stereocenters. The molecule has 0 aliphatic rings. The third-order valence-corrected chi connectivity index (χ3v) is 4.86. The predicted octanol–water partition coefficient (Wildman–Crippen LogP) is 4.58. The SMILES string of the molecule is Cc1ccc(Nc2sc(C(=O)C(C)(C)C)c(C)c2C(N)=O)c(F)c1. The molecule has 0 radical (unpaired) electrons. The number of Topliss-reactive ketones (excluding diaryl/α,β-unsaturated/α-hetero) is 1. The molecule has 4 nitrogen and oxygen atoms in total. The second kappa shape index (κ2) is 6.36. The van der Waals surface area contributed by atoms with Crippen molar-refractivity contribution in [1.29, 1.82) is 0 Å². The van der Waals surface area contributed by atoms with E-state index in [1.807, 2.05) is 20.8 Å². The highest BCUT2D eigenvalue weighted by atomic mass is 32.1. The summed E-state index contributed by atoms with van der Waals surface area (Å²) in [6, 6.07) is 4.75. The first-order valence-corrected chi connectivity index (χ1v) is 8.35. The molecule has 2 aromatic rings. The fourth-order valence-electron chi connectivity index (χ4n) is 2.30. The van der Waals surface area contributed by atoms with E-state index in [1.54, 1.807) is 26.0 Å². The Kier molecular flexibility index (Phi) is 4.80. The van der Waals surface area contributed by atoms with Gasteiger partial charge in [-0.15, -0.1) is 11.3 Å². The van der Waals surface area contributed by atoms with Crippen LogP contribution in [0.25, 0.3) is 0 Å². The summed E-state index contributed by atoms with van der Waals surface area (Å²) < 4.78 is 14.1. The van der Waals surface area contributed by atoms with E-state index in [0.29, 0.717) is 15.4 Å². The van der Waals surface area contributed by atoms with Gasteiger partial charge in [0.15, 0.2) is 5.78 Å². The standard InChI is InChI=1S/C18H21FN2O2S/c1-9-6-7-12(11(19)8-9)21-17-13(16(20)23)10(2)14(24-17)15(22)18(3,4)5/h6-8,21H,1-5H3,(H2,20,23). The first-order valence-electron chi connectivity index (χ1n) is 7.53. The highest BCUT2D eigenvalue weighted by Crippen LogP contribution is 2.38. The third kappa shape index (κ3) is 3.48. The van der Waals surface area contributed by atoms with Gasteiger partial charge in [0.25, 0.3) is 5.91 Å². The number of halogens is 1. The van der Waals surface area contributed by atoms with Gasteiger partial charge in [-0.3, -0.25) is 9.59 Å². The molecule has 0 fully saturated rings. The highest BCUT2D eigenvalue weighted by Gasteiger charge is 2.30. The Bertz CT molecular complexity index is 819. The number of hydrogen-bond donors (Lipinski definition) is 2. The fourth-order valence-corrected chi connectivity index (χ4v) is 3.67. The van der Waals surface area contributed by atoms with Gasteiger partial charge in [-0.1, -0.05) is 26.8 Å². The molecule has 128 valence electrons. The minimum Gasteiger partial charge on any atom is -0.365 e. The summed E-state index contributed by atoms with van der Waals surface area (Å²) in [6.07, 6.45) is 0. The number of carbonyl (C=O) groups excluding carboxylic acids is 2. The molecule has 0 bridgehead atoms. The molecule has 0 saturated heterocycles. The maximum atomic E-state index is 14.1. The maximum Gasteiger partial charge on any atom is 0.251 e. The van der Waals surface area contributed by atoms with Gasteiger partial charge in [0.05, 0.1) is 16.1 Å². The van der Waals surface area contributed by atoms with Crippen LogP contribution in [0.4, 0.5) is 15.1 Å². The summed E-state index contributed by atoms with van der Waals surface area (Å²) in [5, 5.41) is 3.29. The van der Waals surface area contributed by atoms with Crippen molar-refractivity contribution < 1.29 is 14.0 Å².